The molecule has 0 saturated carbocycles. The van der Waals surface area contributed by atoms with Gasteiger partial charge in [-0.15, -0.1) is 0 Å². The molecule has 1 aliphatic rings. The summed E-state index contributed by atoms with van der Waals surface area (Å²) in [6, 6.07) is 6.48. The van der Waals surface area contributed by atoms with Crippen molar-refractivity contribution in [3.8, 4) is 5.75 Å². The summed E-state index contributed by atoms with van der Waals surface area (Å²) in [5.74, 6) is 0.507. The van der Waals surface area contributed by atoms with Crippen molar-refractivity contribution in [1.29, 1.82) is 0 Å². The van der Waals surface area contributed by atoms with Gasteiger partial charge in [-0.25, -0.2) is 8.42 Å². The van der Waals surface area contributed by atoms with Gasteiger partial charge < -0.3 is 9.64 Å². The molecule has 0 bridgehead atoms. The molecule has 0 aromatic heterocycles. The number of ether oxygens (including phenoxy) is 1. The van der Waals surface area contributed by atoms with E-state index in [4.69, 9.17) is 4.74 Å². The number of benzene rings is 1. The molecule has 1 aromatic carbocycles. The lowest BCUT2D eigenvalue weighted by Crippen LogP contribution is -2.48. The van der Waals surface area contributed by atoms with E-state index in [1.807, 2.05) is 4.90 Å². The zero-order valence-electron chi connectivity index (χ0n) is 14.0. The fourth-order valence-electron chi connectivity index (χ4n) is 2.97. The van der Waals surface area contributed by atoms with E-state index in [9.17, 15) is 13.2 Å². The molecule has 1 fully saturated rings. The van der Waals surface area contributed by atoms with Crippen molar-refractivity contribution in [2.45, 2.75) is 56.6 Å². The molecule has 1 aromatic rings. The number of hydrogen-bond acceptors (Lipinski definition) is 4. The Morgan fingerprint density at radius 3 is 2.52 bits per heavy atom. The molecule has 2 atom stereocenters. The van der Waals surface area contributed by atoms with Crippen LogP contribution < -0.4 is 4.74 Å². The van der Waals surface area contributed by atoms with E-state index in [0.29, 0.717) is 11.8 Å². The van der Waals surface area contributed by atoms with Crippen LogP contribution in [0.4, 0.5) is 0 Å². The number of amides is 1. The Hall–Kier alpha value is -1.56. The van der Waals surface area contributed by atoms with Gasteiger partial charge in [-0.2, -0.15) is 0 Å². The molecule has 1 saturated heterocycles. The van der Waals surface area contributed by atoms with E-state index in [1.165, 1.54) is 18.6 Å². The van der Waals surface area contributed by atoms with Crippen molar-refractivity contribution < 1.29 is 17.9 Å². The molecule has 0 aliphatic carbocycles. The van der Waals surface area contributed by atoms with Gasteiger partial charge in [-0.05, 0) is 56.9 Å². The van der Waals surface area contributed by atoms with E-state index in [-0.39, 0.29) is 10.8 Å². The van der Waals surface area contributed by atoms with Gasteiger partial charge in [0.15, 0.2) is 15.9 Å². The summed E-state index contributed by atoms with van der Waals surface area (Å²) in [4.78, 5) is 14.8. The molecule has 0 N–H and O–H groups in total. The normalized spacial score (nSPS) is 20.1. The number of rotatable bonds is 5. The van der Waals surface area contributed by atoms with Crippen molar-refractivity contribution in [1.82, 2.24) is 4.90 Å². The van der Waals surface area contributed by atoms with Gasteiger partial charge in [0.1, 0.15) is 5.75 Å². The minimum absolute atomic E-state index is 0.00346. The third-order valence-electron chi connectivity index (χ3n) is 4.29. The van der Waals surface area contributed by atoms with E-state index in [1.54, 1.807) is 19.1 Å². The van der Waals surface area contributed by atoms with Crippen LogP contribution >= 0.6 is 0 Å². The zero-order chi connectivity index (χ0) is 17.0. The minimum atomic E-state index is -3.22. The Morgan fingerprint density at radius 1 is 1.30 bits per heavy atom. The van der Waals surface area contributed by atoms with Crippen LogP contribution in [0.25, 0.3) is 0 Å². The van der Waals surface area contributed by atoms with Crippen LogP contribution in [0.5, 0.6) is 5.75 Å². The molecule has 0 radical (unpaired) electrons. The van der Waals surface area contributed by atoms with Crippen LogP contribution in [0.3, 0.4) is 0 Å². The molecule has 1 aliphatic heterocycles. The molecule has 6 heteroatoms. The van der Waals surface area contributed by atoms with Gasteiger partial charge in [-0.1, -0.05) is 6.92 Å². The predicted octanol–water partition coefficient (Wildman–Crippen LogP) is 2.65. The molecule has 2 rings (SSSR count). The summed E-state index contributed by atoms with van der Waals surface area (Å²) >= 11 is 0. The highest BCUT2D eigenvalue weighted by Crippen LogP contribution is 2.22. The Balaban J connectivity index is 2.03. The Labute approximate surface area is 138 Å². The average molecular weight is 339 g/mol. The van der Waals surface area contributed by atoms with Crippen LogP contribution in [-0.2, 0) is 14.6 Å². The molecule has 128 valence electrons. The number of piperidine rings is 1. The number of likely N-dealkylation sites (tertiary alicyclic amines) is 1. The molecule has 2 unspecified atom stereocenters. The quantitative estimate of drug-likeness (QED) is 0.827. The Bertz CT molecular complexity index is 639. The largest absolute Gasteiger partial charge is 0.481 e. The van der Waals surface area contributed by atoms with Gasteiger partial charge in [-0.3, -0.25) is 4.79 Å². The van der Waals surface area contributed by atoms with Gasteiger partial charge in [0, 0.05) is 18.8 Å². The van der Waals surface area contributed by atoms with Crippen molar-refractivity contribution in [2.24, 2.45) is 0 Å². The Morgan fingerprint density at radius 2 is 1.96 bits per heavy atom. The monoisotopic (exact) mass is 339 g/mol. The standard InChI is InChI=1S/C17H25NO4S/c1-4-14-7-5-6-12-18(14)17(19)13(2)22-15-8-10-16(11-9-15)23(3,20)21/h8-11,13-14H,4-7,12H2,1-3H3. The first-order chi connectivity index (χ1) is 10.8. The van der Waals surface area contributed by atoms with Crippen molar-refractivity contribution in [3.05, 3.63) is 24.3 Å². The van der Waals surface area contributed by atoms with Crippen molar-refractivity contribution in [2.75, 3.05) is 12.8 Å². The number of hydrogen-bond donors (Lipinski definition) is 0. The Kier molecular flexibility index (Phi) is 5.68. The van der Waals surface area contributed by atoms with E-state index in [2.05, 4.69) is 6.92 Å². The highest BCUT2D eigenvalue weighted by atomic mass is 32.2. The highest BCUT2D eigenvalue weighted by molar-refractivity contribution is 7.90. The first kappa shape index (κ1) is 17.8. The third-order valence-corrected chi connectivity index (χ3v) is 5.42. The molecule has 1 heterocycles. The average Bonchev–Trinajstić information content (AvgIpc) is 2.53. The van der Waals surface area contributed by atoms with E-state index in [0.717, 1.165) is 32.1 Å². The first-order valence-corrected chi connectivity index (χ1v) is 9.99. The number of carbonyl (C=O) groups is 1. The van der Waals surface area contributed by atoms with E-state index < -0.39 is 15.9 Å². The van der Waals surface area contributed by atoms with Crippen molar-refractivity contribution >= 4 is 15.7 Å². The first-order valence-electron chi connectivity index (χ1n) is 8.10. The predicted molar refractivity (Wildman–Crippen MR) is 89.3 cm³/mol. The maximum Gasteiger partial charge on any atom is 0.263 e. The van der Waals surface area contributed by atoms with E-state index >= 15 is 0 Å². The number of carbonyl (C=O) groups excluding carboxylic acids is 1. The summed E-state index contributed by atoms with van der Waals surface area (Å²) in [5.41, 5.74) is 0. The molecular formula is C17H25NO4S. The van der Waals surface area contributed by atoms with Gasteiger partial charge >= 0.3 is 0 Å². The summed E-state index contributed by atoms with van der Waals surface area (Å²) < 4.78 is 28.6. The molecule has 23 heavy (non-hydrogen) atoms. The lowest BCUT2D eigenvalue weighted by atomic mass is 9.99. The SMILES string of the molecule is CCC1CCCCN1C(=O)C(C)Oc1ccc(S(C)(=O)=O)cc1. The zero-order valence-corrected chi connectivity index (χ0v) is 14.8. The third kappa shape index (κ3) is 4.47. The van der Waals surface area contributed by atoms with Crippen LogP contribution in [0.1, 0.15) is 39.5 Å². The fraction of sp³-hybridized carbons (Fsp3) is 0.588. The highest BCUT2D eigenvalue weighted by Gasteiger charge is 2.29. The van der Waals surface area contributed by atoms with Crippen LogP contribution in [0.15, 0.2) is 29.2 Å². The summed E-state index contributed by atoms with van der Waals surface area (Å²) in [6.07, 6.45) is 4.81. The van der Waals surface area contributed by atoms with Crippen molar-refractivity contribution in [3.63, 3.8) is 0 Å². The molecule has 5 nitrogen and oxygen atoms in total. The lowest BCUT2D eigenvalue weighted by molar-refractivity contribution is -0.141. The minimum Gasteiger partial charge on any atom is -0.481 e. The fourth-order valence-corrected chi connectivity index (χ4v) is 3.60. The molecule has 0 spiro atoms. The molecular weight excluding hydrogens is 314 g/mol. The summed E-state index contributed by atoms with van der Waals surface area (Å²) in [5, 5.41) is 0. The van der Waals surface area contributed by atoms with Crippen LogP contribution in [-0.4, -0.2) is 44.2 Å². The lowest BCUT2D eigenvalue weighted by Gasteiger charge is -2.36. The summed E-state index contributed by atoms with van der Waals surface area (Å²) in [7, 11) is -3.22. The van der Waals surface area contributed by atoms with Gasteiger partial charge in [0.25, 0.3) is 5.91 Å². The summed E-state index contributed by atoms with van der Waals surface area (Å²) in [6.45, 7) is 4.64. The van der Waals surface area contributed by atoms with Gasteiger partial charge in [0.2, 0.25) is 0 Å². The second-order valence-corrected chi connectivity index (χ2v) is 8.11. The smallest absolute Gasteiger partial charge is 0.263 e. The van der Waals surface area contributed by atoms with Crippen LogP contribution in [0.2, 0.25) is 0 Å². The van der Waals surface area contributed by atoms with Crippen LogP contribution in [0, 0.1) is 0 Å². The number of nitrogens with zero attached hydrogens (tertiary/aromatic N) is 1. The topological polar surface area (TPSA) is 63.7 Å². The van der Waals surface area contributed by atoms with Gasteiger partial charge in [0.05, 0.1) is 4.90 Å². The second kappa shape index (κ2) is 7.34. The maximum absolute atomic E-state index is 12.6. The molecule has 1 amide bonds. The number of sulfone groups is 1. The maximum atomic E-state index is 12.6. The second-order valence-electron chi connectivity index (χ2n) is 6.09.